The molecule has 0 atom stereocenters. The van der Waals surface area contributed by atoms with Crippen LogP contribution in [0.1, 0.15) is 25.5 Å². The Kier molecular flexibility index (Phi) is 4.80. The van der Waals surface area contributed by atoms with Gasteiger partial charge in [0.15, 0.2) is 0 Å². The lowest BCUT2D eigenvalue weighted by atomic mass is 10.1. The molecule has 17 heavy (non-hydrogen) atoms. The lowest BCUT2D eigenvalue weighted by Crippen LogP contribution is -2.09. The van der Waals surface area contributed by atoms with Gasteiger partial charge in [0, 0.05) is 25.3 Å². The average molecular weight is 258 g/mol. The van der Waals surface area contributed by atoms with Crippen molar-refractivity contribution in [3.8, 4) is 0 Å². The molecule has 0 aliphatic heterocycles. The predicted octanol–water partition coefficient (Wildman–Crippen LogP) is 2.23. The predicted molar refractivity (Wildman–Crippen MR) is 70.8 cm³/mol. The first-order valence-electron chi connectivity index (χ1n) is 5.43. The highest BCUT2D eigenvalue weighted by Gasteiger charge is 2.27. The van der Waals surface area contributed by atoms with Crippen molar-refractivity contribution in [1.82, 2.24) is 9.78 Å². The molecule has 7 heteroatoms. The van der Waals surface area contributed by atoms with Crippen LogP contribution in [0, 0.1) is 10.1 Å². The quantitative estimate of drug-likeness (QED) is 0.481. The van der Waals surface area contributed by atoms with Crippen molar-refractivity contribution >= 4 is 23.3 Å². The molecule has 6 nitrogen and oxygen atoms in total. The lowest BCUT2D eigenvalue weighted by Gasteiger charge is -2.04. The Balaban J connectivity index is 3.05. The van der Waals surface area contributed by atoms with Crippen molar-refractivity contribution in [3.63, 3.8) is 0 Å². The number of hydrogen-bond donors (Lipinski definition) is 1. The smallest absolute Gasteiger partial charge is 0.334 e. The van der Waals surface area contributed by atoms with Gasteiger partial charge in [0.1, 0.15) is 5.69 Å². The summed E-state index contributed by atoms with van der Waals surface area (Å²) in [5.74, 6) is 1.43. The van der Waals surface area contributed by atoms with Crippen molar-refractivity contribution in [2.45, 2.75) is 19.8 Å². The molecule has 0 unspecified atom stereocenters. The molecular weight excluding hydrogens is 240 g/mol. The summed E-state index contributed by atoms with van der Waals surface area (Å²) < 4.78 is 1.55. The molecule has 1 rings (SSSR count). The van der Waals surface area contributed by atoms with E-state index in [9.17, 15) is 10.1 Å². The fourth-order valence-electron chi connectivity index (χ4n) is 1.57. The second-order valence-electron chi connectivity index (χ2n) is 4.04. The summed E-state index contributed by atoms with van der Waals surface area (Å²) in [7, 11) is 1.72. The fraction of sp³-hybridized carbons (Fsp3) is 0.700. The highest BCUT2D eigenvalue weighted by atomic mass is 32.2. The van der Waals surface area contributed by atoms with Crippen LogP contribution < -0.4 is 5.32 Å². The van der Waals surface area contributed by atoms with E-state index in [2.05, 4.69) is 10.4 Å². The number of nitrogens with zero attached hydrogens (tertiary/aromatic N) is 3. The first kappa shape index (κ1) is 13.8. The third-order valence-corrected chi connectivity index (χ3v) is 2.99. The molecule has 0 radical (unpaired) electrons. The molecule has 0 bridgehead atoms. The molecule has 0 aliphatic rings. The van der Waals surface area contributed by atoms with E-state index in [-0.39, 0.29) is 16.5 Å². The van der Waals surface area contributed by atoms with Gasteiger partial charge in [0.05, 0.1) is 4.92 Å². The zero-order valence-corrected chi connectivity index (χ0v) is 11.4. The van der Waals surface area contributed by atoms with Crippen LogP contribution in [-0.2, 0) is 7.05 Å². The van der Waals surface area contributed by atoms with Crippen LogP contribution in [0.25, 0.3) is 0 Å². The summed E-state index contributed by atoms with van der Waals surface area (Å²) in [5, 5.41) is 18.4. The minimum atomic E-state index is -0.357. The van der Waals surface area contributed by atoms with Crippen molar-refractivity contribution in [2.75, 3.05) is 23.9 Å². The normalized spacial score (nSPS) is 10.9. The average Bonchev–Trinajstić information content (AvgIpc) is 2.57. The number of nitro groups is 1. The molecule has 0 aliphatic carbocycles. The van der Waals surface area contributed by atoms with Crippen LogP contribution in [-0.4, -0.2) is 33.3 Å². The number of nitrogens with one attached hydrogen (secondary N) is 1. The van der Waals surface area contributed by atoms with E-state index in [1.165, 1.54) is 0 Å². The van der Waals surface area contributed by atoms with Gasteiger partial charge in [0.2, 0.25) is 5.82 Å². The lowest BCUT2D eigenvalue weighted by molar-refractivity contribution is -0.384. The Hall–Kier alpha value is -1.24. The van der Waals surface area contributed by atoms with Crippen molar-refractivity contribution in [2.24, 2.45) is 7.05 Å². The molecule has 96 valence electrons. The monoisotopic (exact) mass is 258 g/mol. The van der Waals surface area contributed by atoms with Gasteiger partial charge >= 0.3 is 5.69 Å². The first-order chi connectivity index (χ1) is 7.99. The van der Waals surface area contributed by atoms with Crippen LogP contribution in [0.4, 0.5) is 11.5 Å². The second-order valence-corrected chi connectivity index (χ2v) is 5.02. The Bertz CT molecular complexity index is 403. The Morgan fingerprint density at radius 3 is 2.71 bits per heavy atom. The van der Waals surface area contributed by atoms with Gasteiger partial charge in [-0.2, -0.15) is 16.9 Å². The molecule has 0 saturated heterocycles. The van der Waals surface area contributed by atoms with Crippen LogP contribution in [0.3, 0.4) is 0 Å². The standard InChI is InChI=1S/C10H18N4O2S/c1-7(2)8-9(14(15)16)10(13(3)12-8)11-5-6-17-4/h7,11H,5-6H2,1-4H3. The summed E-state index contributed by atoms with van der Waals surface area (Å²) >= 11 is 1.69. The maximum atomic E-state index is 11.1. The van der Waals surface area contributed by atoms with E-state index in [0.29, 0.717) is 18.1 Å². The Morgan fingerprint density at radius 1 is 1.59 bits per heavy atom. The Labute approximate surface area is 105 Å². The van der Waals surface area contributed by atoms with Crippen LogP contribution in [0.5, 0.6) is 0 Å². The molecule has 0 spiro atoms. The maximum absolute atomic E-state index is 11.1. The van der Waals surface area contributed by atoms with E-state index < -0.39 is 0 Å². The maximum Gasteiger partial charge on any atom is 0.334 e. The molecule has 0 amide bonds. The van der Waals surface area contributed by atoms with Crippen molar-refractivity contribution < 1.29 is 4.92 Å². The summed E-state index contributed by atoms with van der Waals surface area (Å²) in [5.41, 5.74) is 0.632. The zero-order valence-electron chi connectivity index (χ0n) is 10.6. The minimum Gasteiger partial charge on any atom is -0.364 e. The van der Waals surface area contributed by atoms with Crippen LogP contribution in [0.2, 0.25) is 0 Å². The highest BCUT2D eigenvalue weighted by Crippen LogP contribution is 2.32. The topological polar surface area (TPSA) is 73.0 Å². The van der Waals surface area contributed by atoms with Gasteiger partial charge in [-0.15, -0.1) is 0 Å². The summed E-state index contributed by atoms with van der Waals surface area (Å²) in [6.07, 6.45) is 2.00. The van der Waals surface area contributed by atoms with Gasteiger partial charge in [-0.25, -0.2) is 4.68 Å². The van der Waals surface area contributed by atoms with Gasteiger partial charge in [-0.1, -0.05) is 13.8 Å². The van der Waals surface area contributed by atoms with E-state index in [1.807, 2.05) is 20.1 Å². The van der Waals surface area contributed by atoms with Gasteiger partial charge in [-0.05, 0) is 6.26 Å². The van der Waals surface area contributed by atoms with E-state index >= 15 is 0 Å². The molecule has 1 aromatic rings. The largest absolute Gasteiger partial charge is 0.364 e. The van der Waals surface area contributed by atoms with Crippen LogP contribution >= 0.6 is 11.8 Å². The SMILES string of the molecule is CSCCNc1c([N+](=O)[O-])c(C(C)C)nn1C. The van der Waals surface area contributed by atoms with E-state index in [0.717, 1.165) is 5.75 Å². The minimum absolute atomic E-state index is 0.0395. The molecule has 0 aromatic carbocycles. The van der Waals surface area contributed by atoms with Crippen LogP contribution in [0.15, 0.2) is 0 Å². The third-order valence-electron chi connectivity index (χ3n) is 2.38. The molecular formula is C10H18N4O2S. The molecule has 1 N–H and O–H groups in total. The number of anilines is 1. The molecule has 0 fully saturated rings. The Morgan fingerprint density at radius 2 is 2.24 bits per heavy atom. The highest BCUT2D eigenvalue weighted by molar-refractivity contribution is 7.98. The van der Waals surface area contributed by atoms with Gasteiger partial charge in [-0.3, -0.25) is 10.1 Å². The van der Waals surface area contributed by atoms with E-state index in [4.69, 9.17) is 0 Å². The number of aryl methyl sites for hydroxylation is 1. The van der Waals surface area contributed by atoms with E-state index in [1.54, 1.807) is 23.5 Å². The fourth-order valence-corrected chi connectivity index (χ4v) is 1.88. The third kappa shape index (κ3) is 3.12. The number of hydrogen-bond acceptors (Lipinski definition) is 5. The molecule has 1 aromatic heterocycles. The number of thioether (sulfide) groups is 1. The van der Waals surface area contributed by atoms with Gasteiger partial charge in [0.25, 0.3) is 0 Å². The molecule has 1 heterocycles. The summed E-state index contributed by atoms with van der Waals surface area (Å²) in [6.45, 7) is 4.50. The summed E-state index contributed by atoms with van der Waals surface area (Å²) in [4.78, 5) is 10.7. The number of aromatic nitrogens is 2. The van der Waals surface area contributed by atoms with Gasteiger partial charge < -0.3 is 5.32 Å². The van der Waals surface area contributed by atoms with Crippen molar-refractivity contribution in [1.29, 1.82) is 0 Å². The first-order valence-corrected chi connectivity index (χ1v) is 6.82. The van der Waals surface area contributed by atoms with Crippen molar-refractivity contribution in [3.05, 3.63) is 15.8 Å². The number of rotatable bonds is 6. The summed E-state index contributed by atoms with van der Waals surface area (Å²) in [6, 6.07) is 0. The molecule has 0 saturated carbocycles. The second kappa shape index (κ2) is 5.90. The zero-order chi connectivity index (χ0) is 13.0.